The van der Waals surface area contributed by atoms with Gasteiger partial charge in [0, 0.05) is 18.3 Å². The third kappa shape index (κ3) is 3.30. The SMILES string of the molecule is CCOC(=O)C(C)(N)Cn1ccnc1C(C)C. The van der Waals surface area contributed by atoms with Crippen molar-refractivity contribution in [1.82, 2.24) is 9.55 Å². The number of nitrogens with two attached hydrogens (primary N) is 1. The molecule has 0 amide bonds. The molecule has 5 nitrogen and oxygen atoms in total. The standard InChI is InChI=1S/C12H21N3O2/c1-5-17-11(16)12(4,13)8-15-7-6-14-10(15)9(2)3/h6-7,9H,5,8,13H2,1-4H3. The average molecular weight is 239 g/mol. The molecule has 2 N–H and O–H groups in total. The molecule has 0 radical (unpaired) electrons. The zero-order chi connectivity index (χ0) is 13.1. The van der Waals surface area contributed by atoms with E-state index in [4.69, 9.17) is 10.5 Å². The molecule has 1 heterocycles. The minimum atomic E-state index is -1.03. The van der Waals surface area contributed by atoms with Crippen LogP contribution in [0.4, 0.5) is 0 Å². The zero-order valence-electron chi connectivity index (χ0n) is 10.9. The first-order valence-electron chi connectivity index (χ1n) is 5.85. The maximum absolute atomic E-state index is 11.7. The van der Waals surface area contributed by atoms with Crippen LogP contribution in [0.25, 0.3) is 0 Å². The highest BCUT2D eigenvalue weighted by Gasteiger charge is 2.31. The third-order valence-electron chi connectivity index (χ3n) is 2.50. The molecule has 0 aliphatic heterocycles. The molecule has 96 valence electrons. The largest absolute Gasteiger partial charge is 0.465 e. The summed E-state index contributed by atoms with van der Waals surface area (Å²) < 4.78 is 6.86. The van der Waals surface area contributed by atoms with Gasteiger partial charge in [-0.1, -0.05) is 13.8 Å². The summed E-state index contributed by atoms with van der Waals surface area (Å²) >= 11 is 0. The predicted octanol–water partition coefficient (Wildman–Crippen LogP) is 1.29. The van der Waals surface area contributed by atoms with E-state index < -0.39 is 5.54 Å². The first kappa shape index (κ1) is 13.7. The normalized spacial score (nSPS) is 14.7. The quantitative estimate of drug-likeness (QED) is 0.786. The van der Waals surface area contributed by atoms with Gasteiger partial charge in [-0.25, -0.2) is 9.78 Å². The Kier molecular flexibility index (Phi) is 4.28. The third-order valence-corrected chi connectivity index (χ3v) is 2.50. The molecular weight excluding hydrogens is 218 g/mol. The second-order valence-corrected chi connectivity index (χ2v) is 4.71. The Morgan fingerprint density at radius 2 is 2.29 bits per heavy atom. The fourth-order valence-corrected chi connectivity index (χ4v) is 1.67. The van der Waals surface area contributed by atoms with Crippen molar-refractivity contribution in [3.05, 3.63) is 18.2 Å². The molecule has 0 aliphatic carbocycles. The first-order chi connectivity index (χ1) is 7.88. The Balaban J connectivity index is 2.82. The Morgan fingerprint density at radius 1 is 1.65 bits per heavy atom. The summed E-state index contributed by atoms with van der Waals surface area (Å²) in [6.07, 6.45) is 3.55. The van der Waals surface area contributed by atoms with Crippen molar-refractivity contribution in [2.24, 2.45) is 5.73 Å². The highest BCUT2D eigenvalue weighted by atomic mass is 16.5. The Morgan fingerprint density at radius 3 is 2.82 bits per heavy atom. The van der Waals surface area contributed by atoms with Gasteiger partial charge in [0.05, 0.1) is 13.2 Å². The van der Waals surface area contributed by atoms with Crippen LogP contribution in [0.5, 0.6) is 0 Å². The molecule has 1 unspecified atom stereocenters. The molecule has 0 fully saturated rings. The van der Waals surface area contributed by atoms with Crippen LogP contribution in [0.15, 0.2) is 12.4 Å². The summed E-state index contributed by atoms with van der Waals surface area (Å²) in [6.45, 7) is 8.26. The van der Waals surface area contributed by atoms with Crippen LogP contribution in [0.3, 0.4) is 0 Å². The van der Waals surface area contributed by atoms with Gasteiger partial charge in [0.1, 0.15) is 11.4 Å². The van der Waals surface area contributed by atoms with E-state index in [2.05, 4.69) is 18.8 Å². The van der Waals surface area contributed by atoms with Gasteiger partial charge in [-0.05, 0) is 13.8 Å². The molecule has 0 bridgehead atoms. The molecular formula is C12H21N3O2. The summed E-state index contributed by atoms with van der Waals surface area (Å²) in [5.74, 6) is 0.831. The summed E-state index contributed by atoms with van der Waals surface area (Å²) in [6, 6.07) is 0. The van der Waals surface area contributed by atoms with E-state index >= 15 is 0 Å². The van der Waals surface area contributed by atoms with E-state index in [0.717, 1.165) is 5.82 Å². The second kappa shape index (κ2) is 5.31. The van der Waals surface area contributed by atoms with Gasteiger partial charge in [0.15, 0.2) is 0 Å². The number of nitrogens with zero attached hydrogens (tertiary/aromatic N) is 2. The van der Waals surface area contributed by atoms with E-state index in [1.165, 1.54) is 0 Å². The number of carbonyl (C=O) groups excluding carboxylic acids is 1. The van der Waals surface area contributed by atoms with Crippen molar-refractivity contribution in [3.63, 3.8) is 0 Å². The lowest BCUT2D eigenvalue weighted by atomic mass is 10.0. The van der Waals surface area contributed by atoms with E-state index in [1.54, 1.807) is 20.0 Å². The van der Waals surface area contributed by atoms with E-state index in [-0.39, 0.29) is 5.97 Å². The minimum Gasteiger partial charge on any atom is -0.465 e. The van der Waals surface area contributed by atoms with Gasteiger partial charge < -0.3 is 15.0 Å². The van der Waals surface area contributed by atoms with Crippen LogP contribution in [-0.4, -0.2) is 27.7 Å². The van der Waals surface area contributed by atoms with Gasteiger partial charge in [-0.2, -0.15) is 0 Å². The number of ether oxygens (including phenoxy) is 1. The number of imidazole rings is 1. The lowest BCUT2D eigenvalue weighted by molar-refractivity contribution is -0.149. The summed E-state index contributed by atoms with van der Waals surface area (Å²) in [7, 11) is 0. The number of hydrogen-bond acceptors (Lipinski definition) is 4. The zero-order valence-corrected chi connectivity index (χ0v) is 10.9. The summed E-state index contributed by atoms with van der Waals surface area (Å²) in [4.78, 5) is 16.0. The highest BCUT2D eigenvalue weighted by Crippen LogP contribution is 2.15. The molecule has 0 spiro atoms. The van der Waals surface area contributed by atoms with Crippen molar-refractivity contribution < 1.29 is 9.53 Å². The number of esters is 1. The number of hydrogen-bond donors (Lipinski definition) is 1. The van der Waals surface area contributed by atoms with Crippen molar-refractivity contribution >= 4 is 5.97 Å². The molecule has 1 atom stereocenters. The van der Waals surface area contributed by atoms with E-state index in [9.17, 15) is 4.79 Å². The van der Waals surface area contributed by atoms with Crippen LogP contribution in [0.1, 0.15) is 39.4 Å². The van der Waals surface area contributed by atoms with Crippen molar-refractivity contribution in [1.29, 1.82) is 0 Å². The lowest BCUT2D eigenvalue weighted by Gasteiger charge is -2.24. The first-order valence-corrected chi connectivity index (χ1v) is 5.85. The predicted molar refractivity (Wildman–Crippen MR) is 65.5 cm³/mol. The molecule has 1 aromatic heterocycles. The van der Waals surface area contributed by atoms with E-state index in [1.807, 2.05) is 10.8 Å². The fraction of sp³-hybridized carbons (Fsp3) is 0.667. The fourth-order valence-electron chi connectivity index (χ4n) is 1.67. The van der Waals surface area contributed by atoms with Gasteiger partial charge >= 0.3 is 5.97 Å². The van der Waals surface area contributed by atoms with Crippen LogP contribution < -0.4 is 5.73 Å². The van der Waals surface area contributed by atoms with Gasteiger partial charge in [0.25, 0.3) is 0 Å². The maximum Gasteiger partial charge on any atom is 0.327 e. The minimum absolute atomic E-state index is 0.294. The number of aromatic nitrogens is 2. The van der Waals surface area contributed by atoms with Gasteiger partial charge in [-0.15, -0.1) is 0 Å². The Labute approximate surface area is 102 Å². The Bertz CT molecular complexity index is 383. The van der Waals surface area contributed by atoms with Crippen LogP contribution in [0, 0.1) is 0 Å². The molecule has 1 aromatic rings. The highest BCUT2D eigenvalue weighted by molar-refractivity contribution is 5.79. The van der Waals surface area contributed by atoms with Crippen LogP contribution in [0.2, 0.25) is 0 Å². The van der Waals surface area contributed by atoms with Crippen molar-refractivity contribution in [2.75, 3.05) is 6.61 Å². The van der Waals surface area contributed by atoms with Gasteiger partial charge in [-0.3, -0.25) is 0 Å². The Hall–Kier alpha value is -1.36. The molecule has 0 saturated carbocycles. The smallest absolute Gasteiger partial charge is 0.327 e. The molecule has 0 saturated heterocycles. The molecule has 0 aromatic carbocycles. The summed E-state index contributed by atoms with van der Waals surface area (Å²) in [5.41, 5.74) is 4.96. The van der Waals surface area contributed by atoms with Crippen molar-refractivity contribution in [3.8, 4) is 0 Å². The van der Waals surface area contributed by atoms with Crippen LogP contribution in [-0.2, 0) is 16.1 Å². The lowest BCUT2D eigenvalue weighted by Crippen LogP contribution is -2.49. The second-order valence-electron chi connectivity index (χ2n) is 4.71. The number of rotatable bonds is 5. The van der Waals surface area contributed by atoms with Gasteiger partial charge in [0.2, 0.25) is 0 Å². The topological polar surface area (TPSA) is 70.1 Å². The van der Waals surface area contributed by atoms with E-state index in [0.29, 0.717) is 19.1 Å². The molecule has 17 heavy (non-hydrogen) atoms. The van der Waals surface area contributed by atoms with Crippen molar-refractivity contribution in [2.45, 2.75) is 45.7 Å². The van der Waals surface area contributed by atoms with Crippen LogP contribution >= 0.6 is 0 Å². The molecule has 0 aliphatic rings. The summed E-state index contributed by atoms with van der Waals surface area (Å²) in [5, 5.41) is 0. The molecule has 5 heteroatoms. The maximum atomic E-state index is 11.7. The monoisotopic (exact) mass is 239 g/mol. The number of carbonyl (C=O) groups is 1. The molecule has 1 rings (SSSR count). The average Bonchev–Trinajstić information content (AvgIpc) is 2.65.